The second-order valence-electron chi connectivity index (χ2n) is 9.31. The first-order valence-electron chi connectivity index (χ1n) is 11.8. The predicted octanol–water partition coefficient (Wildman–Crippen LogP) is 8.39. The maximum Gasteiger partial charge on any atom is 0.222 e. The summed E-state index contributed by atoms with van der Waals surface area (Å²) in [5, 5.41) is 8.06. The molecule has 2 heterocycles. The number of rotatable bonds is 1. The number of fused-ring (bicyclic) bond motifs is 5. The van der Waals surface area contributed by atoms with Crippen molar-refractivity contribution in [1.82, 2.24) is 0 Å². The third-order valence-corrected chi connectivity index (χ3v) is 8.69. The zero-order valence-electron chi connectivity index (χ0n) is 19.5. The Bertz CT molecular complexity index is 1800. The lowest BCUT2D eigenvalue weighted by Gasteiger charge is -2.24. The fraction of sp³-hybridized carbons (Fsp3) is 0.0938. The number of hydrogen-bond donors (Lipinski definition) is 0. The third kappa shape index (κ3) is 2.60. The van der Waals surface area contributed by atoms with Crippen molar-refractivity contribution in [2.24, 2.45) is 7.05 Å². The van der Waals surface area contributed by atoms with Crippen molar-refractivity contribution in [3.05, 3.63) is 102 Å². The van der Waals surface area contributed by atoms with Gasteiger partial charge in [0, 0.05) is 21.2 Å². The van der Waals surface area contributed by atoms with Crippen LogP contribution >= 0.6 is 11.8 Å². The zero-order valence-corrected chi connectivity index (χ0v) is 20.3. The van der Waals surface area contributed by atoms with E-state index in [9.17, 15) is 0 Å². The lowest BCUT2D eigenvalue weighted by Crippen LogP contribution is -2.32. The highest BCUT2D eigenvalue weighted by molar-refractivity contribution is 8.00. The molecule has 2 heteroatoms. The maximum atomic E-state index is 2.41. The summed E-state index contributed by atoms with van der Waals surface area (Å²) >= 11 is 1.94. The standard InChI is InChI=1S/C32H24NS/c1-19-23-13-7-8-14-24(23)20(2)32-28(19)31-30-26(16-17-33(31)3)29-22(18-27(30)34-32)12-9-15-25(29)21-10-5-4-6-11-21/h4-18H,1-3H3/q+1. The van der Waals surface area contributed by atoms with Crippen molar-refractivity contribution >= 4 is 44.1 Å². The molecule has 0 aliphatic carbocycles. The van der Waals surface area contributed by atoms with Crippen molar-refractivity contribution in [3.8, 4) is 22.4 Å². The highest BCUT2D eigenvalue weighted by atomic mass is 32.2. The minimum absolute atomic E-state index is 1.26. The summed E-state index contributed by atoms with van der Waals surface area (Å²) in [7, 11) is 2.19. The molecular weight excluding hydrogens is 430 g/mol. The molecule has 162 valence electrons. The van der Waals surface area contributed by atoms with Crippen molar-refractivity contribution in [2.75, 3.05) is 0 Å². The molecule has 0 saturated carbocycles. The van der Waals surface area contributed by atoms with E-state index >= 15 is 0 Å². The molecular formula is C32H24NS+. The average molecular weight is 455 g/mol. The molecule has 1 aliphatic rings. The smallest absolute Gasteiger partial charge is 0.200 e. The van der Waals surface area contributed by atoms with Crippen LogP contribution in [0.1, 0.15) is 11.1 Å². The van der Waals surface area contributed by atoms with Gasteiger partial charge in [0.25, 0.3) is 0 Å². The molecule has 1 aliphatic heterocycles. The van der Waals surface area contributed by atoms with E-state index in [1.54, 1.807) is 0 Å². The normalized spacial score (nSPS) is 12.4. The summed E-state index contributed by atoms with van der Waals surface area (Å²) in [6, 6.07) is 31.1. The molecule has 0 N–H and O–H groups in total. The van der Waals surface area contributed by atoms with Gasteiger partial charge in [0.15, 0.2) is 6.20 Å². The Morgan fingerprint density at radius 2 is 1.41 bits per heavy atom. The van der Waals surface area contributed by atoms with E-state index < -0.39 is 0 Å². The molecule has 1 aromatic heterocycles. The summed E-state index contributed by atoms with van der Waals surface area (Å²) in [6.45, 7) is 4.58. The Balaban J connectivity index is 1.68. The van der Waals surface area contributed by atoms with Gasteiger partial charge in [0.2, 0.25) is 5.69 Å². The molecule has 0 saturated heterocycles. The van der Waals surface area contributed by atoms with Crippen LogP contribution in [0.2, 0.25) is 0 Å². The van der Waals surface area contributed by atoms with Gasteiger partial charge in [-0.15, -0.1) is 0 Å². The van der Waals surface area contributed by atoms with Crippen LogP contribution in [0.5, 0.6) is 0 Å². The zero-order chi connectivity index (χ0) is 23.0. The Morgan fingerprint density at radius 3 is 2.21 bits per heavy atom. The topological polar surface area (TPSA) is 3.88 Å². The van der Waals surface area contributed by atoms with Crippen LogP contribution in [0.15, 0.2) is 101 Å². The van der Waals surface area contributed by atoms with E-state index in [1.165, 1.54) is 75.6 Å². The lowest BCUT2D eigenvalue weighted by atomic mass is 9.89. The molecule has 0 atom stereocenters. The number of aromatic nitrogens is 1. The van der Waals surface area contributed by atoms with Crippen LogP contribution in [-0.4, -0.2) is 0 Å². The quantitative estimate of drug-likeness (QED) is 0.178. The summed E-state index contributed by atoms with van der Waals surface area (Å²) in [4.78, 5) is 2.74. The van der Waals surface area contributed by atoms with Crippen LogP contribution in [-0.2, 0) is 7.05 Å². The van der Waals surface area contributed by atoms with Gasteiger partial charge in [-0.1, -0.05) is 84.6 Å². The number of pyridine rings is 1. The Labute approximate surface area is 203 Å². The van der Waals surface area contributed by atoms with Crippen LogP contribution < -0.4 is 4.57 Å². The van der Waals surface area contributed by atoms with Crippen molar-refractivity contribution in [1.29, 1.82) is 0 Å². The first-order chi connectivity index (χ1) is 16.6. The Morgan fingerprint density at radius 1 is 0.676 bits per heavy atom. The lowest BCUT2D eigenvalue weighted by molar-refractivity contribution is -0.659. The number of aryl methyl sites for hydroxylation is 3. The monoisotopic (exact) mass is 454 g/mol. The molecule has 0 spiro atoms. The number of hydrogen-bond acceptors (Lipinski definition) is 1. The van der Waals surface area contributed by atoms with E-state index in [0.29, 0.717) is 0 Å². The highest BCUT2D eigenvalue weighted by Crippen LogP contribution is 2.53. The van der Waals surface area contributed by atoms with Crippen molar-refractivity contribution < 1.29 is 4.57 Å². The summed E-state index contributed by atoms with van der Waals surface area (Å²) in [5.41, 5.74) is 8.03. The van der Waals surface area contributed by atoms with Gasteiger partial charge in [-0.3, -0.25) is 0 Å². The molecule has 0 unspecified atom stereocenters. The highest BCUT2D eigenvalue weighted by Gasteiger charge is 2.31. The van der Waals surface area contributed by atoms with Gasteiger partial charge in [-0.25, -0.2) is 4.57 Å². The van der Waals surface area contributed by atoms with Gasteiger partial charge >= 0.3 is 0 Å². The minimum Gasteiger partial charge on any atom is -0.200 e. The molecule has 0 amide bonds. The van der Waals surface area contributed by atoms with Gasteiger partial charge in [0.1, 0.15) is 7.05 Å². The van der Waals surface area contributed by atoms with Gasteiger partial charge < -0.3 is 0 Å². The average Bonchev–Trinajstić information content (AvgIpc) is 2.88. The molecule has 6 aromatic rings. The first kappa shape index (κ1) is 19.8. The molecule has 0 bridgehead atoms. The van der Waals surface area contributed by atoms with E-state index in [0.717, 1.165) is 0 Å². The minimum atomic E-state index is 1.26. The first-order valence-corrected chi connectivity index (χ1v) is 12.6. The summed E-state index contributed by atoms with van der Waals surface area (Å²) in [6.07, 6.45) is 2.24. The molecule has 34 heavy (non-hydrogen) atoms. The van der Waals surface area contributed by atoms with E-state index in [2.05, 4.69) is 117 Å². The van der Waals surface area contributed by atoms with Crippen LogP contribution in [0.4, 0.5) is 0 Å². The van der Waals surface area contributed by atoms with E-state index in [4.69, 9.17) is 0 Å². The Kier molecular flexibility index (Phi) is 4.19. The molecule has 7 rings (SSSR count). The second kappa shape index (κ2) is 7.19. The van der Waals surface area contributed by atoms with Crippen LogP contribution in [0, 0.1) is 13.8 Å². The van der Waals surface area contributed by atoms with Gasteiger partial charge in [-0.2, -0.15) is 0 Å². The molecule has 0 fully saturated rings. The predicted molar refractivity (Wildman–Crippen MR) is 145 cm³/mol. The van der Waals surface area contributed by atoms with E-state index in [-0.39, 0.29) is 0 Å². The SMILES string of the molecule is Cc1c2c(c(C)c3ccccc13)-c1c3c(cc4cccc(-c5ccccc5)c4c3cc[n+]1C)S2. The van der Waals surface area contributed by atoms with Gasteiger partial charge in [-0.05, 0) is 63.7 Å². The summed E-state index contributed by atoms with van der Waals surface area (Å²) < 4.78 is 2.32. The molecule has 0 radical (unpaired) electrons. The fourth-order valence-electron chi connectivity index (χ4n) is 5.83. The maximum absolute atomic E-state index is 2.41. The largest absolute Gasteiger partial charge is 0.222 e. The van der Waals surface area contributed by atoms with Crippen molar-refractivity contribution in [3.63, 3.8) is 0 Å². The Hall–Kier alpha value is -3.62. The van der Waals surface area contributed by atoms with Gasteiger partial charge in [0.05, 0.1) is 10.9 Å². The second-order valence-corrected chi connectivity index (χ2v) is 10.4. The van der Waals surface area contributed by atoms with E-state index in [1.807, 2.05) is 11.8 Å². The van der Waals surface area contributed by atoms with Crippen molar-refractivity contribution in [2.45, 2.75) is 23.6 Å². The fourth-order valence-corrected chi connectivity index (χ4v) is 7.15. The van der Waals surface area contributed by atoms with Crippen LogP contribution in [0.3, 0.4) is 0 Å². The molecule has 1 nitrogen and oxygen atoms in total. The number of benzene rings is 5. The van der Waals surface area contributed by atoms with Crippen LogP contribution in [0.25, 0.3) is 54.7 Å². The third-order valence-electron chi connectivity index (χ3n) is 7.43. The number of nitrogens with zero attached hydrogens (tertiary/aromatic N) is 1. The summed E-state index contributed by atoms with van der Waals surface area (Å²) in [5.74, 6) is 0. The molecule has 5 aromatic carbocycles.